The molecule has 0 heterocycles. The molecule has 3 unspecified atom stereocenters. The highest BCUT2D eigenvalue weighted by Gasteiger charge is 2.30. The molecule has 6 atom stereocenters. The van der Waals surface area contributed by atoms with Crippen LogP contribution in [0, 0.1) is 5.92 Å². The van der Waals surface area contributed by atoms with E-state index in [-0.39, 0.29) is 25.7 Å². The lowest BCUT2D eigenvalue weighted by Gasteiger charge is -2.21. The van der Waals surface area contributed by atoms with Crippen LogP contribution in [0.1, 0.15) is 330 Å². The normalized spacial score (nSPS) is 14.5. The van der Waals surface area contributed by atoms with E-state index in [4.69, 9.17) is 37.0 Å². The minimum atomic E-state index is -4.94. The fraction of sp³-hybridized carbons (Fsp3) is 0.938. The zero-order valence-electron chi connectivity index (χ0n) is 54.0. The summed E-state index contributed by atoms with van der Waals surface area (Å²) < 4.78 is 68.0. The van der Waals surface area contributed by atoms with Crippen LogP contribution in [-0.4, -0.2) is 96.7 Å². The molecule has 0 aliphatic rings. The van der Waals surface area contributed by atoms with Crippen LogP contribution in [0.4, 0.5) is 0 Å². The molecular formula is C65H126O17P2. The fourth-order valence-corrected chi connectivity index (χ4v) is 11.3. The minimum absolute atomic E-state index is 0.106. The number of esters is 4. The van der Waals surface area contributed by atoms with Gasteiger partial charge in [0.2, 0.25) is 0 Å². The summed E-state index contributed by atoms with van der Waals surface area (Å²) in [6.45, 7) is 7.19. The molecule has 0 aromatic carbocycles. The van der Waals surface area contributed by atoms with Crippen molar-refractivity contribution >= 4 is 39.5 Å². The number of hydrogen-bond donors (Lipinski definition) is 3. The van der Waals surface area contributed by atoms with E-state index in [1.807, 2.05) is 0 Å². The molecule has 0 amide bonds. The summed E-state index contributed by atoms with van der Waals surface area (Å²) in [6, 6.07) is 0. The first-order chi connectivity index (χ1) is 40.6. The van der Waals surface area contributed by atoms with E-state index in [1.54, 1.807) is 0 Å². The third-order valence-corrected chi connectivity index (χ3v) is 17.3. The number of phosphoric acid groups is 2. The minimum Gasteiger partial charge on any atom is -0.462 e. The van der Waals surface area contributed by atoms with E-state index in [0.717, 1.165) is 109 Å². The monoisotopic (exact) mass is 1240 g/mol. The molecule has 0 rings (SSSR count). The van der Waals surface area contributed by atoms with Gasteiger partial charge in [-0.15, -0.1) is 0 Å². The first kappa shape index (κ1) is 82.1. The van der Waals surface area contributed by atoms with Crippen molar-refractivity contribution in [2.75, 3.05) is 39.6 Å². The van der Waals surface area contributed by atoms with Crippen molar-refractivity contribution in [1.29, 1.82) is 0 Å². The van der Waals surface area contributed by atoms with Crippen molar-refractivity contribution in [3.05, 3.63) is 0 Å². The van der Waals surface area contributed by atoms with Crippen LogP contribution in [-0.2, 0) is 65.4 Å². The van der Waals surface area contributed by atoms with E-state index in [1.165, 1.54) is 141 Å². The quantitative estimate of drug-likeness (QED) is 0.0222. The summed E-state index contributed by atoms with van der Waals surface area (Å²) in [6.07, 6.45) is 43.0. The molecule has 17 nitrogen and oxygen atoms in total. The number of aliphatic hydroxyl groups excluding tert-OH is 1. The van der Waals surface area contributed by atoms with Crippen LogP contribution in [0.5, 0.6) is 0 Å². The second-order valence-corrected chi connectivity index (χ2v) is 26.7. The Morgan fingerprint density at radius 3 is 0.845 bits per heavy atom. The topological polar surface area (TPSA) is 237 Å². The van der Waals surface area contributed by atoms with Gasteiger partial charge in [-0.2, -0.15) is 0 Å². The van der Waals surface area contributed by atoms with Gasteiger partial charge in [0.15, 0.2) is 12.2 Å². The standard InChI is InChI=1S/C65H126O17P2/c1-6-10-13-16-19-21-23-24-25-30-34-39-44-49-63(68)76-55-61(82-65(70)51-46-41-36-31-27-26-28-33-37-42-47-58(5)9-4)57-80-84(73,74)78-53-59(66)52-77-83(71,72)79-56-60(54-75-62(67)48-43-38-32-18-15-12-8-3)81-64(69)50-45-40-35-29-22-20-17-14-11-7-2/h58-61,66H,6-57H2,1-5H3,(H,71,72)(H,73,74)/t58?,59-,60+,61+/m0/s1. The maximum Gasteiger partial charge on any atom is 0.472 e. The number of unbranched alkanes of at least 4 members (excludes halogenated alkanes) is 36. The third-order valence-electron chi connectivity index (χ3n) is 15.4. The molecule has 0 saturated carbocycles. The Kier molecular flexibility index (Phi) is 57.4. The largest absolute Gasteiger partial charge is 0.472 e. The Morgan fingerprint density at radius 1 is 0.333 bits per heavy atom. The van der Waals surface area contributed by atoms with E-state index in [0.29, 0.717) is 25.7 Å². The molecule has 0 aromatic heterocycles. The molecule has 3 N–H and O–H groups in total. The number of carbonyl (C=O) groups excluding carboxylic acids is 4. The predicted octanol–water partition coefficient (Wildman–Crippen LogP) is 18.2. The summed E-state index contributed by atoms with van der Waals surface area (Å²) in [4.78, 5) is 72.2. The van der Waals surface area contributed by atoms with Crippen LogP contribution in [0.15, 0.2) is 0 Å². The Bertz CT molecular complexity index is 1640. The van der Waals surface area contributed by atoms with Crippen molar-refractivity contribution < 1.29 is 80.2 Å². The second-order valence-electron chi connectivity index (χ2n) is 23.7. The van der Waals surface area contributed by atoms with E-state index in [9.17, 15) is 43.2 Å². The first-order valence-electron chi connectivity index (χ1n) is 34.2. The van der Waals surface area contributed by atoms with Crippen molar-refractivity contribution in [3.8, 4) is 0 Å². The van der Waals surface area contributed by atoms with Crippen LogP contribution >= 0.6 is 15.6 Å². The Hall–Kier alpha value is -1.94. The molecule has 0 spiro atoms. The molecule has 19 heteroatoms. The lowest BCUT2D eigenvalue weighted by Crippen LogP contribution is -2.30. The second kappa shape index (κ2) is 58.7. The molecule has 84 heavy (non-hydrogen) atoms. The van der Waals surface area contributed by atoms with Crippen LogP contribution in [0.3, 0.4) is 0 Å². The smallest absolute Gasteiger partial charge is 0.462 e. The average molecular weight is 1240 g/mol. The number of carbonyl (C=O) groups is 4. The molecule has 0 aromatic rings. The Morgan fingerprint density at radius 2 is 0.571 bits per heavy atom. The van der Waals surface area contributed by atoms with Crippen LogP contribution < -0.4 is 0 Å². The fourth-order valence-electron chi connectivity index (χ4n) is 9.73. The molecule has 498 valence electrons. The summed E-state index contributed by atoms with van der Waals surface area (Å²) >= 11 is 0. The SMILES string of the molecule is CCCCCCCCCCCCCCCC(=O)OC[C@H](COP(=O)(O)OC[C@@H](O)COP(=O)(O)OC[C@@H](COC(=O)CCCCCCCCC)OC(=O)CCCCCCCCCCCC)OC(=O)CCCCCCCCCCCCC(C)CC. The third kappa shape index (κ3) is 57.8. The van der Waals surface area contributed by atoms with Gasteiger partial charge in [-0.1, -0.05) is 279 Å². The Balaban J connectivity index is 5.22. The molecular weight excluding hydrogens is 1110 g/mol. The van der Waals surface area contributed by atoms with Gasteiger partial charge in [0.1, 0.15) is 19.3 Å². The van der Waals surface area contributed by atoms with Gasteiger partial charge in [-0.05, 0) is 31.6 Å². The number of hydrogen-bond acceptors (Lipinski definition) is 15. The predicted molar refractivity (Wildman–Crippen MR) is 335 cm³/mol. The highest BCUT2D eigenvalue weighted by Crippen LogP contribution is 2.45. The van der Waals surface area contributed by atoms with Crippen LogP contribution in [0.25, 0.3) is 0 Å². The Labute approximate surface area is 511 Å². The van der Waals surface area contributed by atoms with Gasteiger partial charge in [0.25, 0.3) is 0 Å². The number of rotatable bonds is 65. The highest BCUT2D eigenvalue weighted by molar-refractivity contribution is 7.47. The van der Waals surface area contributed by atoms with Crippen molar-refractivity contribution in [1.82, 2.24) is 0 Å². The molecule has 0 aliphatic heterocycles. The molecule has 0 saturated heterocycles. The lowest BCUT2D eigenvalue weighted by molar-refractivity contribution is -0.161. The zero-order valence-corrected chi connectivity index (χ0v) is 55.8. The summed E-state index contributed by atoms with van der Waals surface area (Å²) in [5, 5.41) is 10.5. The van der Waals surface area contributed by atoms with Crippen molar-refractivity contribution in [3.63, 3.8) is 0 Å². The van der Waals surface area contributed by atoms with Gasteiger partial charge >= 0.3 is 39.5 Å². The highest BCUT2D eigenvalue weighted by atomic mass is 31.2. The van der Waals surface area contributed by atoms with E-state index < -0.39 is 97.5 Å². The number of ether oxygens (including phenoxy) is 4. The molecule has 0 bridgehead atoms. The molecule has 0 fully saturated rings. The lowest BCUT2D eigenvalue weighted by atomic mass is 9.99. The molecule has 0 aliphatic carbocycles. The van der Waals surface area contributed by atoms with Gasteiger partial charge in [0, 0.05) is 25.7 Å². The first-order valence-corrected chi connectivity index (χ1v) is 37.2. The maximum absolute atomic E-state index is 13.0. The average Bonchev–Trinajstić information content (AvgIpc) is 3.59. The number of phosphoric ester groups is 2. The van der Waals surface area contributed by atoms with Crippen molar-refractivity contribution in [2.24, 2.45) is 5.92 Å². The van der Waals surface area contributed by atoms with Gasteiger partial charge in [-0.25, -0.2) is 9.13 Å². The van der Waals surface area contributed by atoms with Crippen molar-refractivity contribution in [2.45, 2.75) is 348 Å². The van der Waals surface area contributed by atoms with Gasteiger partial charge in [-0.3, -0.25) is 37.3 Å². The van der Waals surface area contributed by atoms with Crippen LogP contribution in [0.2, 0.25) is 0 Å². The van der Waals surface area contributed by atoms with E-state index in [2.05, 4.69) is 34.6 Å². The molecule has 0 radical (unpaired) electrons. The summed E-state index contributed by atoms with van der Waals surface area (Å²) in [5.41, 5.74) is 0. The summed E-state index contributed by atoms with van der Waals surface area (Å²) in [7, 11) is -9.88. The zero-order chi connectivity index (χ0) is 62.0. The number of aliphatic hydroxyl groups is 1. The van der Waals surface area contributed by atoms with Gasteiger partial charge in [0.05, 0.1) is 26.4 Å². The maximum atomic E-state index is 13.0. The summed E-state index contributed by atoms with van der Waals surface area (Å²) in [5.74, 6) is -1.33. The van der Waals surface area contributed by atoms with E-state index >= 15 is 0 Å². The van der Waals surface area contributed by atoms with Gasteiger partial charge < -0.3 is 33.8 Å².